The van der Waals surface area contributed by atoms with Crippen molar-refractivity contribution in [3.05, 3.63) is 41.2 Å². The molecular formula is C16H18F2N6O2. The predicted molar refractivity (Wildman–Crippen MR) is 85.5 cm³/mol. The Balaban J connectivity index is 1.85. The molecule has 1 aromatic heterocycles. The van der Waals surface area contributed by atoms with E-state index in [2.05, 4.69) is 20.8 Å². The number of aryl methyl sites for hydroxylation is 1. The number of benzene rings is 1. The van der Waals surface area contributed by atoms with E-state index in [0.717, 1.165) is 29.9 Å². The first-order chi connectivity index (χ1) is 12.4. The maximum absolute atomic E-state index is 13.6. The number of carbonyl (C=O) groups excluding carboxylic acids is 2. The van der Waals surface area contributed by atoms with Crippen LogP contribution in [0.4, 0.5) is 13.6 Å². The Hall–Kier alpha value is -2.91. The molecule has 1 atom stereocenters. The number of imide groups is 1. The molecule has 0 radical (unpaired) electrons. The number of halogens is 2. The molecule has 1 saturated heterocycles. The summed E-state index contributed by atoms with van der Waals surface area (Å²) in [6.07, 6.45) is 1.79. The minimum Gasteiger partial charge on any atom is -0.319 e. The molecule has 10 heteroatoms. The summed E-state index contributed by atoms with van der Waals surface area (Å²) in [4.78, 5) is 26.1. The van der Waals surface area contributed by atoms with E-state index in [1.54, 1.807) is 0 Å². The number of nitrogens with one attached hydrogen (secondary N) is 1. The van der Waals surface area contributed by atoms with E-state index in [-0.39, 0.29) is 12.1 Å². The van der Waals surface area contributed by atoms with E-state index in [4.69, 9.17) is 0 Å². The van der Waals surface area contributed by atoms with Crippen LogP contribution in [0.25, 0.3) is 0 Å². The van der Waals surface area contributed by atoms with Crippen LogP contribution in [-0.2, 0) is 23.4 Å². The van der Waals surface area contributed by atoms with Crippen LogP contribution in [0.15, 0.2) is 18.2 Å². The van der Waals surface area contributed by atoms with Crippen molar-refractivity contribution in [3.8, 4) is 0 Å². The van der Waals surface area contributed by atoms with Crippen LogP contribution in [0.2, 0.25) is 0 Å². The first-order valence-corrected chi connectivity index (χ1v) is 8.21. The number of tetrazole rings is 1. The van der Waals surface area contributed by atoms with Gasteiger partial charge in [0.25, 0.3) is 5.91 Å². The molecule has 3 amide bonds. The number of hydrogen-bond donors (Lipinski definition) is 1. The van der Waals surface area contributed by atoms with Crippen molar-refractivity contribution in [2.45, 2.75) is 45.3 Å². The molecule has 0 aliphatic carbocycles. The van der Waals surface area contributed by atoms with Crippen LogP contribution in [0.3, 0.4) is 0 Å². The molecule has 1 N–H and O–H groups in total. The number of nitrogens with zero attached hydrogens (tertiary/aromatic N) is 5. The molecule has 1 aromatic carbocycles. The van der Waals surface area contributed by atoms with Crippen LogP contribution in [-0.4, -0.2) is 37.0 Å². The third-order valence-corrected chi connectivity index (χ3v) is 4.40. The van der Waals surface area contributed by atoms with E-state index in [1.165, 1.54) is 17.7 Å². The summed E-state index contributed by atoms with van der Waals surface area (Å²) in [5.41, 5.74) is -1.34. The molecule has 1 fully saturated rings. The third-order valence-electron chi connectivity index (χ3n) is 4.40. The van der Waals surface area contributed by atoms with Gasteiger partial charge in [-0.25, -0.2) is 18.3 Å². The van der Waals surface area contributed by atoms with Crippen LogP contribution >= 0.6 is 0 Å². The van der Waals surface area contributed by atoms with Gasteiger partial charge in [0.15, 0.2) is 17.5 Å². The summed E-state index contributed by atoms with van der Waals surface area (Å²) in [5.74, 6) is -2.33. The Morgan fingerprint density at radius 2 is 2.00 bits per heavy atom. The highest BCUT2D eigenvalue weighted by molar-refractivity contribution is 6.07. The minimum absolute atomic E-state index is 0.110. The molecular weight excluding hydrogens is 346 g/mol. The number of aromatic nitrogens is 4. The van der Waals surface area contributed by atoms with Crippen molar-refractivity contribution in [2.24, 2.45) is 0 Å². The van der Waals surface area contributed by atoms with Crippen molar-refractivity contribution in [2.75, 3.05) is 0 Å². The van der Waals surface area contributed by atoms with Gasteiger partial charge in [0.2, 0.25) is 0 Å². The topological polar surface area (TPSA) is 93.0 Å². The summed E-state index contributed by atoms with van der Waals surface area (Å²) in [5, 5.41) is 13.8. The molecule has 1 unspecified atom stereocenters. The molecule has 1 aliphatic heterocycles. The Morgan fingerprint density at radius 1 is 1.23 bits per heavy atom. The normalized spacial score (nSPS) is 19.9. The predicted octanol–water partition coefficient (Wildman–Crippen LogP) is 1.72. The van der Waals surface area contributed by atoms with E-state index in [0.29, 0.717) is 12.4 Å². The minimum atomic E-state index is -1.49. The molecule has 26 heavy (non-hydrogen) atoms. The van der Waals surface area contributed by atoms with Gasteiger partial charge in [-0.15, -0.1) is 5.10 Å². The van der Waals surface area contributed by atoms with Gasteiger partial charge in [0, 0.05) is 6.54 Å². The van der Waals surface area contributed by atoms with Crippen LogP contribution in [0, 0.1) is 11.6 Å². The fraction of sp³-hybridized carbons (Fsp3) is 0.438. The van der Waals surface area contributed by atoms with Gasteiger partial charge in [0.05, 0.1) is 6.54 Å². The second-order valence-electron chi connectivity index (χ2n) is 6.25. The van der Waals surface area contributed by atoms with E-state index >= 15 is 0 Å². The Morgan fingerprint density at radius 3 is 2.69 bits per heavy atom. The Bertz CT molecular complexity index is 855. The van der Waals surface area contributed by atoms with E-state index in [1.807, 2.05) is 6.92 Å². The molecule has 0 bridgehead atoms. The van der Waals surface area contributed by atoms with Gasteiger partial charge in [-0.2, -0.15) is 0 Å². The average molecular weight is 364 g/mol. The van der Waals surface area contributed by atoms with Crippen molar-refractivity contribution in [1.82, 2.24) is 30.4 Å². The fourth-order valence-corrected chi connectivity index (χ4v) is 2.80. The summed E-state index contributed by atoms with van der Waals surface area (Å²) >= 11 is 0. The van der Waals surface area contributed by atoms with Crippen LogP contribution in [0.1, 0.15) is 38.1 Å². The van der Waals surface area contributed by atoms with Gasteiger partial charge in [-0.3, -0.25) is 9.69 Å². The standard InChI is InChI=1S/C16H18F2N6O2/c1-3-4-7-24-13(20-21-22-24)9-23-14(25)16(2,19-15(23)26)10-5-6-11(17)12(18)8-10/h5-6,8H,3-4,7,9H2,1-2H3,(H,19,26). The molecule has 8 nitrogen and oxygen atoms in total. The number of rotatable bonds is 6. The van der Waals surface area contributed by atoms with Gasteiger partial charge < -0.3 is 5.32 Å². The number of amides is 3. The summed E-state index contributed by atoms with van der Waals surface area (Å²) in [6, 6.07) is 2.45. The third kappa shape index (κ3) is 3.02. The molecule has 138 valence electrons. The Labute approximate surface area is 148 Å². The monoisotopic (exact) mass is 364 g/mol. The highest BCUT2D eigenvalue weighted by atomic mass is 19.2. The fourth-order valence-electron chi connectivity index (χ4n) is 2.80. The first kappa shape index (κ1) is 17.9. The zero-order valence-corrected chi connectivity index (χ0v) is 14.4. The second kappa shape index (κ2) is 6.77. The van der Waals surface area contributed by atoms with E-state index < -0.39 is 29.1 Å². The number of urea groups is 1. The lowest BCUT2D eigenvalue weighted by Crippen LogP contribution is -2.41. The van der Waals surface area contributed by atoms with Crippen LogP contribution in [0.5, 0.6) is 0 Å². The molecule has 0 saturated carbocycles. The maximum Gasteiger partial charge on any atom is 0.325 e. The van der Waals surface area contributed by atoms with Crippen molar-refractivity contribution in [1.29, 1.82) is 0 Å². The number of unbranched alkanes of at least 4 members (excludes halogenated alkanes) is 1. The largest absolute Gasteiger partial charge is 0.325 e. The van der Waals surface area contributed by atoms with Gasteiger partial charge in [-0.05, 0) is 41.5 Å². The lowest BCUT2D eigenvalue weighted by atomic mass is 9.92. The average Bonchev–Trinajstić information content (AvgIpc) is 3.14. The lowest BCUT2D eigenvalue weighted by molar-refractivity contribution is -0.131. The zero-order chi connectivity index (χ0) is 18.9. The van der Waals surface area contributed by atoms with Gasteiger partial charge in [0.1, 0.15) is 5.54 Å². The maximum atomic E-state index is 13.6. The SMILES string of the molecule is CCCCn1nnnc1CN1C(=O)NC(C)(c2ccc(F)c(F)c2)C1=O. The smallest absolute Gasteiger partial charge is 0.319 e. The molecule has 0 spiro atoms. The second-order valence-corrected chi connectivity index (χ2v) is 6.25. The van der Waals surface area contributed by atoms with Crippen molar-refractivity contribution >= 4 is 11.9 Å². The quantitative estimate of drug-likeness (QED) is 0.788. The van der Waals surface area contributed by atoms with Crippen LogP contribution < -0.4 is 5.32 Å². The van der Waals surface area contributed by atoms with Gasteiger partial charge in [-0.1, -0.05) is 19.4 Å². The number of carbonyl (C=O) groups is 2. The summed E-state index contributed by atoms with van der Waals surface area (Å²) in [6.45, 7) is 3.93. The van der Waals surface area contributed by atoms with Crippen molar-refractivity contribution < 1.29 is 18.4 Å². The molecule has 1 aliphatic rings. The van der Waals surface area contributed by atoms with Gasteiger partial charge >= 0.3 is 6.03 Å². The van der Waals surface area contributed by atoms with E-state index in [9.17, 15) is 18.4 Å². The summed E-state index contributed by atoms with van der Waals surface area (Å²) < 4.78 is 28.3. The molecule has 2 aromatic rings. The lowest BCUT2D eigenvalue weighted by Gasteiger charge is -2.22. The first-order valence-electron chi connectivity index (χ1n) is 8.21. The zero-order valence-electron chi connectivity index (χ0n) is 14.4. The highest BCUT2D eigenvalue weighted by Crippen LogP contribution is 2.30. The summed E-state index contributed by atoms with van der Waals surface area (Å²) in [7, 11) is 0. The van der Waals surface area contributed by atoms with Crippen molar-refractivity contribution in [3.63, 3.8) is 0 Å². The highest BCUT2D eigenvalue weighted by Gasteiger charge is 2.49. The molecule has 3 rings (SSSR count). The Kier molecular flexibility index (Phi) is 4.66. The number of hydrogen-bond acceptors (Lipinski definition) is 5. The molecule has 2 heterocycles.